The fraction of sp³-hybridized carbons (Fsp3) is 0.545. The Balaban J connectivity index is 2.90. The molecule has 0 fully saturated rings. The van der Waals surface area contributed by atoms with Gasteiger partial charge in [-0.15, -0.1) is 0 Å². The lowest BCUT2D eigenvalue weighted by molar-refractivity contribution is -0.116. The molecule has 0 aliphatic carbocycles. The van der Waals surface area contributed by atoms with Crippen molar-refractivity contribution in [3.05, 3.63) is 12.4 Å². The molecule has 0 aromatic carbocycles. The number of anilines is 2. The Bertz CT molecular complexity index is 380. The molecule has 6 heteroatoms. The maximum Gasteiger partial charge on any atom is 0.236 e. The van der Waals surface area contributed by atoms with Crippen molar-refractivity contribution in [2.75, 3.05) is 30.4 Å². The van der Waals surface area contributed by atoms with E-state index in [-0.39, 0.29) is 12.5 Å². The molecule has 0 aliphatic rings. The first-order valence-corrected chi connectivity index (χ1v) is 5.56. The van der Waals surface area contributed by atoms with E-state index in [1.165, 1.54) is 0 Å². The summed E-state index contributed by atoms with van der Waals surface area (Å²) in [4.78, 5) is 21.3. The number of hydrogen-bond acceptors (Lipinski definition) is 5. The van der Waals surface area contributed by atoms with Gasteiger partial charge in [0.2, 0.25) is 5.91 Å². The van der Waals surface area contributed by atoms with E-state index in [2.05, 4.69) is 29.1 Å². The van der Waals surface area contributed by atoms with Crippen LogP contribution in [0.1, 0.15) is 13.8 Å². The zero-order chi connectivity index (χ0) is 12.8. The molecule has 0 saturated heterocycles. The van der Waals surface area contributed by atoms with Crippen molar-refractivity contribution in [2.24, 2.45) is 11.7 Å². The molecule has 0 spiro atoms. The molecule has 3 N–H and O–H groups in total. The molecule has 0 saturated carbocycles. The number of carbonyl (C=O) groups excluding carboxylic acids is 1. The van der Waals surface area contributed by atoms with Gasteiger partial charge in [-0.3, -0.25) is 9.78 Å². The molecule has 0 bridgehead atoms. The first-order chi connectivity index (χ1) is 8.02. The van der Waals surface area contributed by atoms with E-state index in [0.29, 0.717) is 24.1 Å². The van der Waals surface area contributed by atoms with E-state index in [0.717, 1.165) is 0 Å². The monoisotopic (exact) mass is 237 g/mol. The largest absolute Gasteiger partial charge is 0.372 e. The van der Waals surface area contributed by atoms with Crippen LogP contribution in [-0.2, 0) is 4.79 Å². The van der Waals surface area contributed by atoms with Crippen molar-refractivity contribution in [3.63, 3.8) is 0 Å². The summed E-state index contributed by atoms with van der Waals surface area (Å²) in [6.07, 6.45) is 3.26. The predicted molar refractivity (Wildman–Crippen MR) is 67.8 cm³/mol. The van der Waals surface area contributed by atoms with Crippen LogP contribution < -0.4 is 16.0 Å². The fourth-order valence-electron chi connectivity index (χ4n) is 1.50. The van der Waals surface area contributed by atoms with Gasteiger partial charge in [-0.2, -0.15) is 0 Å². The van der Waals surface area contributed by atoms with E-state index in [4.69, 9.17) is 5.73 Å². The second-order valence-electron chi connectivity index (χ2n) is 4.25. The molecular weight excluding hydrogens is 218 g/mol. The van der Waals surface area contributed by atoms with Gasteiger partial charge in [0, 0.05) is 13.6 Å². The van der Waals surface area contributed by atoms with E-state index in [1.807, 2.05) is 4.90 Å². The van der Waals surface area contributed by atoms with Gasteiger partial charge in [-0.1, -0.05) is 13.8 Å². The summed E-state index contributed by atoms with van der Waals surface area (Å²) >= 11 is 0. The number of nitrogens with zero attached hydrogens (tertiary/aromatic N) is 3. The molecule has 17 heavy (non-hydrogen) atoms. The van der Waals surface area contributed by atoms with Crippen LogP contribution in [0.4, 0.5) is 11.6 Å². The fourth-order valence-corrected chi connectivity index (χ4v) is 1.50. The van der Waals surface area contributed by atoms with Crippen LogP contribution in [0.5, 0.6) is 0 Å². The minimum Gasteiger partial charge on any atom is -0.372 e. The summed E-state index contributed by atoms with van der Waals surface area (Å²) < 4.78 is 0. The lowest BCUT2D eigenvalue weighted by Crippen LogP contribution is -2.36. The standard InChI is InChI=1S/C11H19N5O/c1-8(2)6-16(7-9(12)17)11-5-14-4-10(13-3)15-11/h4-5,8H,6-7H2,1-3H3,(H2,12,17)(H,13,15). The molecule has 1 aromatic heterocycles. The number of aromatic nitrogens is 2. The van der Waals surface area contributed by atoms with Gasteiger partial charge in [0.05, 0.1) is 18.9 Å². The maximum atomic E-state index is 11.0. The molecule has 1 rings (SSSR count). The van der Waals surface area contributed by atoms with Crippen LogP contribution >= 0.6 is 0 Å². The van der Waals surface area contributed by atoms with E-state index in [9.17, 15) is 4.79 Å². The minimum atomic E-state index is -0.373. The lowest BCUT2D eigenvalue weighted by Gasteiger charge is -2.24. The van der Waals surface area contributed by atoms with Crippen LogP contribution in [0, 0.1) is 5.92 Å². The number of amides is 1. The topological polar surface area (TPSA) is 84.1 Å². The van der Waals surface area contributed by atoms with Crippen molar-refractivity contribution in [1.82, 2.24) is 9.97 Å². The Kier molecular flexibility index (Phi) is 4.68. The van der Waals surface area contributed by atoms with Gasteiger partial charge in [0.15, 0.2) is 0 Å². The molecule has 1 aromatic rings. The normalized spacial score (nSPS) is 10.4. The molecule has 0 aliphatic heterocycles. The summed E-state index contributed by atoms with van der Waals surface area (Å²) in [6.45, 7) is 5.01. The highest BCUT2D eigenvalue weighted by Gasteiger charge is 2.13. The second kappa shape index (κ2) is 6.03. The van der Waals surface area contributed by atoms with Gasteiger partial charge in [-0.05, 0) is 5.92 Å². The Morgan fingerprint density at radius 1 is 1.53 bits per heavy atom. The zero-order valence-electron chi connectivity index (χ0n) is 10.5. The first-order valence-electron chi connectivity index (χ1n) is 5.56. The van der Waals surface area contributed by atoms with Gasteiger partial charge in [0.1, 0.15) is 11.6 Å². The highest BCUT2D eigenvalue weighted by molar-refractivity contribution is 5.79. The quantitative estimate of drug-likeness (QED) is 0.751. The highest BCUT2D eigenvalue weighted by Crippen LogP contribution is 2.13. The third kappa shape index (κ3) is 4.26. The molecular formula is C11H19N5O. The number of primary amides is 1. The van der Waals surface area contributed by atoms with Gasteiger partial charge < -0.3 is 16.0 Å². The number of rotatable bonds is 6. The summed E-state index contributed by atoms with van der Waals surface area (Å²) in [6, 6.07) is 0. The van der Waals surface area contributed by atoms with Gasteiger partial charge in [0.25, 0.3) is 0 Å². The lowest BCUT2D eigenvalue weighted by atomic mass is 10.2. The average Bonchev–Trinajstić information content (AvgIpc) is 2.27. The smallest absolute Gasteiger partial charge is 0.236 e. The molecule has 0 atom stereocenters. The van der Waals surface area contributed by atoms with E-state index < -0.39 is 0 Å². The second-order valence-corrected chi connectivity index (χ2v) is 4.25. The summed E-state index contributed by atoms with van der Waals surface area (Å²) in [5, 5.41) is 2.91. The average molecular weight is 237 g/mol. The Morgan fingerprint density at radius 3 is 2.76 bits per heavy atom. The third-order valence-corrected chi connectivity index (χ3v) is 2.13. The molecule has 1 amide bonds. The Hall–Kier alpha value is -1.85. The van der Waals surface area contributed by atoms with Crippen LogP contribution in [0.3, 0.4) is 0 Å². The maximum absolute atomic E-state index is 11.0. The number of nitrogens with one attached hydrogen (secondary N) is 1. The molecule has 0 unspecified atom stereocenters. The highest BCUT2D eigenvalue weighted by atomic mass is 16.1. The van der Waals surface area contributed by atoms with Gasteiger partial charge >= 0.3 is 0 Å². The van der Waals surface area contributed by atoms with Crippen LogP contribution in [-0.4, -0.2) is 36.0 Å². The van der Waals surface area contributed by atoms with Gasteiger partial charge in [-0.25, -0.2) is 4.98 Å². The third-order valence-electron chi connectivity index (χ3n) is 2.13. The van der Waals surface area contributed by atoms with Crippen molar-refractivity contribution in [3.8, 4) is 0 Å². The molecule has 94 valence electrons. The van der Waals surface area contributed by atoms with Crippen LogP contribution in [0.2, 0.25) is 0 Å². The van der Waals surface area contributed by atoms with E-state index in [1.54, 1.807) is 19.4 Å². The van der Waals surface area contributed by atoms with Crippen molar-refractivity contribution in [2.45, 2.75) is 13.8 Å². The number of carbonyl (C=O) groups is 1. The van der Waals surface area contributed by atoms with Crippen LogP contribution in [0.15, 0.2) is 12.4 Å². The minimum absolute atomic E-state index is 0.153. The molecule has 6 nitrogen and oxygen atoms in total. The SMILES string of the molecule is CNc1cncc(N(CC(N)=O)CC(C)C)n1. The Labute approximate surface area is 101 Å². The molecule has 1 heterocycles. The number of nitrogens with two attached hydrogens (primary N) is 1. The molecule has 0 radical (unpaired) electrons. The summed E-state index contributed by atoms with van der Waals surface area (Å²) in [5.41, 5.74) is 5.23. The van der Waals surface area contributed by atoms with Crippen molar-refractivity contribution < 1.29 is 4.79 Å². The van der Waals surface area contributed by atoms with Crippen LogP contribution in [0.25, 0.3) is 0 Å². The first kappa shape index (κ1) is 13.2. The summed E-state index contributed by atoms with van der Waals surface area (Å²) in [5.74, 6) is 1.36. The van der Waals surface area contributed by atoms with Crippen molar-refractivity contribution in [1.29, 1.82) is 0 Å². The van der Waals surface area contributed by atoms with E-state index >= 15 is 0 Å². The number of hydrogen-bond donors (Lipinski definition) is 2. The predicted octanol–water partition coefficient (Wildman–Crippen LogP) is 0.466. The van der Waals surface area contributed by atoms with Crippen molar-refractivity contribution >= 4 is 17.5 Å². The summed E-state index contributed by atoms with van der Waals surface area (Å²) in [7, 11) is 1.77. The zero-order valence-corrected chi connectivity index (χ0v) is 10.5. The Morgan fingerprint density at radius 2 is 2.24 bits per heavy atom.